The first kappa shape index (κ1) is 16.3. The molecule has 0 saturated carbocycles. The van der Waals surface area contributed by atoms with Crippen LogP contribution < -0.4 is 0 Å². The van der Waals surface area contributed by atoms with Crippen LogP contribution >= 0.6 is 0 Å². The highest BCUT2D eigenvalue weighted by molar-refractivity contribution is 7.85. The highest BCUT2D eigenvalue weighted by Crippen LogP contribution is 2.10. The van der Waals surface area contributed by atoms with Gasteiger partial charge < -0.3 is 5.11 Å². The molecule has 0 rings (SSSR count). The molecule has 1 unspecified atom stereocenters. The molecule has 0 heterocycles. The molecule has 14 heavy (non-hydrogen) atoms. The van der Waals surface area contributed by atoms with Gasteiger partial charge in [-0.05, 0) is 12.3 Å². The minimum atomic E-state index is -3.67. The number of rotatable bonds is 5. The van der Waals surface area contributed by atoms with Crippen molar-refractivity contribution >= 4 is 10.1 Å². The highest BCUT2D eigenvalue weighted by Gasteiger charge is 2.01. The van der Waals surface area contributed by atoms with E-state index in [1.54, 1.807) is 0 Å². The predicted octanol–water partition coefficient (Wildman–Crippen LogP) is 1.70. The summed E-state index contributed by atoms with van der Waals surface area (Å²) >= 11 is 0. The molecule has 5 heteroatoms. The Morgan fingerprint density at radius 3 is 1.93 bits per heavy atom. The molecule has 1 atom stereocenters. The molecule has 0 saturated heterocycles. The third kappa shape index (κ3) is 22.6. The lowest BCUT2D eigenvalue weighted by Gasteiger charge is -2.08. The van der Waals surface area contributed by atoms with Gasteiger partial charge in [0, 0.05) is 6.61 Å². The minimum absolute atomic E-state index is 0.372. The van der Waals surface area contributed by atoms with Gasteiger partial charge in [-0.3, -0.25) is 4.55 Å². The molecule has 0 aromatic heterocycles. The van der Waals surface area contributed by atoms with E-state index in [4.69, 9.17) is 9.66 Å². The van der Waals surface area contributed by atoms with Crippen molar-refractivity contribution in [3.05, 3.63) is 0 Å². The second-order valence-corrected chi connectivity index (χ2v) is 4.80. The quantitative estimate of drug-likeness (QED) is 0.700. The van der Waals surface area contributed by atoms with Gasteiger partial charge in [0.15, 0.2) is 0 Å². The van der Waals surface area contributed by atoms with Crippen LogP contribution in [0.5, 0.6) is 0 Å². The van der Waals surface area contributed by atoms with Gasteiger partial charge in [0.2, 0.25) is 0 Å². The van der Waals surface area contributed by atoms with Crippen molar-refractivity contribution in [1.29, 1.82) is 0 Å². The maximum absolute atomic E-state index is 9.19. The fourth-order valence-electron chi connectivity index (χ4n) is 0.917. The Balaban J connectivity index is 0. The van der Waals surface area contributed by atoms with Crippen LogP contribution in [0.2, 0.25) is 0 Å². The van der Waals surface area contributed by atoms with E-state index in [1.165, 1.54) is 19.3 Å². The Labute approximate surface area is 87.1 Å². The van der Waals surface area contributed by atoms with E-state index in [1.807, 2.05) is 0 Å². The summed E-state index contributed by atoms with van der Waals surface area (Å²) in [5.41, 5.74) is 0. The number of unbranched alkanes of at least 4 members (excludes halogenated alkanes) is 1. The Bertz CT molecular complexity index is 187. The van der Waals surface area contributed by atoms with Gasteiger partial charge in [0.05, 0.1) is 6.26 Å². The van der Waals surface area contributed by atoms with Crippen molar-refractivity contribution in [3.63, 3.8) is 0 Å². The molecule has 0 fully saturated rings. The topological polar surface area (TPSA) is 74.6 Å². The van der Waals surface area contributed by atoms with Crippen molar-refractivity contribution in [2.75, 3.05) is 12.9 Å². The Morgan fingerprint density at radius 1 is 1.29 bits per heavy atom. The number of hydrogen-bond acceptors (Lipinski definition) is 3. The van der Waals surface area contributed by atoms with Crippen LogP contribution in [0.1, 0.15) is 39.5 Å². The van der Waals surface area contributed by atoms with Crippen LogP contribution in [-0.2, 0) is 10.1 Å². The summed E-state index contributed by atoms with van der Waals surface area (Å²) in [7, 11) is -3.67. The van der Waals surface area contributed by atoms with Crippen LogP contribution in [0.3, 0.4) is 0 Å². The largest absolute Gasteiger partial charge is 0.396 e. The smallest absolute Gasteiger partial charge is 0.261 e. The molecular formula is C9H22O4S. The Hall–Kier alpha value is -0.130. The molecule has 0 aliphatic carbocycles. The van der Waals surface area contributed by atoms with E-state index in [9.17, 15) is 8.42 Å². The average molecular weight is 226 g/mol. The third-order valence-corrected chi connectivity index (χ3v) is 1.80. The van der Waals surface area contributed by atoms with E-state index in [0.29, 0.717) is 18.8 Å². The summed E-state index contributed by atoms with van der Waals surface area (Å²) in [5, 5.41) is 8.75. The van der Waals surface area contributed by atoms with Gasteiger partial charge in [-0.1, -0.05) is 33.1 Å². The second-order valence-electron chi connectivity index (χ2n) is 3.33. The molecule has 0 aromatic carbocycles. The van der Waals surface area contributed by atoms with Gasteiger partial charge in [-0.15, -0.1) is 0 Å². The fraction of sp³-hybridized carbons (Fsp3) is 1.00. The van der Waals surface area contributed by atoms with Gasteiger partial charge in [0.1, 0.15) is 0 Å². The summed E-state index contributed by atoms with van der Waals surface area (Å²) in [6.45, 7) is 4.69. The maximum atomic E-state index is 9.19. The monoisotopic (exact) mass is 226 g/mol. The van der Waals surface area contributed by atoms with Gasteiger partial charge in [0.25, 0.3) is 10.1 Å². The van der Waals surface area contributed by atoms with Crippen LogP contribution in [0.25, 0.3) is 0 Å². The molecule has 4 nitrogen and oxygen atoms in total. The van der Waals surface area contributed by atoms with E-state index in [-0.39, 0.29) is 0 Å². The summed E-state index contributed by atoms with van der Waals surface area (Å²) < 4.78 is 25.9. The molecule has 88 valence electrons. The minimum Gasteiger partial charge on any atom is -0.396 e. The normalized spacial score (nSPS) is 12.9. The van der Waals surface area contributed by atoms with E-state index in [2.05, 4.69) is 13.8 Å². The third-order valence-electron chi connectivity index (χ3n) is 1.80. The van der Waals surface area contributed by atoms with Crippen molar-refractivity contribution in [1.82, 2.24) is 0 Å². The number of aliphatic hydroxyl groups excluding tert-OH is 1. The van der Waals surface area contributed by atoms with E-state index < -0.39 is 10.1 Å². The fourth-order valence-corrected chi connectivity index (χ4v) is 0.917. The first-order chi connectivity index (χ1) is 6.35. The summed E-state index contributed by atoms with van der Waals surface area (Å²) in [4.78, 5) is 0. The summed E-state index contributed by atoms with van der Waals surface area (Å²) in [6, 6.07) is 0. The maximum Gasteiger partial charge on any atom is 0.261 e. The van der Waals surface area contributed by atoms with Crippen LogP contribution in [0.4, 0.5) is 0 Å². The lowest BCUT2D eigenvalue weighted by atomic mass is 10.0. The van der Waals surface area contributed by atoms with E-state index >= 15 is 0 Å². The standard InChI is InChI=1S/C8H18O.CH4O3S/c1-3-5-6-8(4-2)7-9;1-5(2,3)4/h8-9H,3-7H2,1-2H3;1H3,(H,2,3,4). The molecule has 0 spiro atoms. The lowest BCUT2D eigenvalue weighted by Crippen LogP contribution is -2.03. The van der Waals surface area contributed by atoms with Crippen molar-refractivity contribution in [2.24, 2.45) is 5.92 Å². The molecule has 0 aromatic rings. The van der Waals surface area contributed by atoms with Crippen LogP contribution in [0, 0.1) is 5.92 Å². The molecule has 0 bridgehead atoms. The van der Waals surface area contributed by atoms with Gasteiger partial charge >= 0.3 is 0 Å². The van der Waals surface area contributed by atoms with Crippen molar-refractivity contribution in [2.45, 2.75) is 39.5 Å². The molecule has 0 aliphatic rings. The number of aliphatic hydroxyl groups is 1. The predicted molar refractivity (Wildman–Crippen MR) is 57.9 cm³/mol. The second kappa shape index (κ2) is 9.43. The molecule has 0 amide bonds. The molecule has 0 aliphatic heterocycles. The Kier molecular flexibility index (Phi) is 11.0. The van der Waals surface area contributed by atoms with Crippen LogP contribution in [-0.4, -0.2) is 30.9 Å². The first-order valence-corrected chi connectivity index (χ1v) is 6.73. The lowest BCUT2D eigenvalue weighted by molar-refractivity contribution is 0.212. The van der Waals surface area contributed by atoms with Gasteiger partial charge in [-0.25, -0.2) is 0 Å². The zero-order valence-electron chi connectivity index (χ0n) is 9.23. The zero-order valence-corrected chi connectivity index (χ0v) is 10.0. The van der Waals surface area contributed by atoms with Crippen molar-refractivity contribution in [3.8, 4) is 0 Å². The molecular weight excluding hydrogens is 204 g/mol. The SMILES string of the molecule is CCCCC(CC)CO.CS(=O)(=O)O. The average Bonchev–Trinajstić information content (AvgIpc) is 2.04. The number of hydrogen-bond donors (Lipinski definition) is 2. The first-order valence-electron chi connectivity index (χ1n) is 4.88. The Morgan fingerprint density at radius 2 is 1.71 bits per heavy atom. The molecule has 2 N–H and O–H groups in total. The van der Waals surface area contributed by atoms with Crippen LogP contribution in [0.15, 0.2) is 0 Å². The summed E-state index contributed by atoms with van der Waals surface area (Å²) in [6.07, 6.45) is 5.54. The summed E-state index contributed by atoms with van der Waals surface area (Å²) in [5.74, 6) is 0.560. The van der Waals surface area contributed by atoms with Crippen molar-refractivity contribution < 1.29 is 18.1 Å². The highest BCUT2D eigenvalue weighted by atomic mass is 32.2. The molecule has 0 radical (unpaired) electrons. The zero-order chi connectivity index (χ0) is 11.6. The van der Waals surface area contributed by atoms with E-state index in [0.717, 1.165) is 6.42 Å². The van der Waals surface area contributed by atoms with Gasteiger partial charge in [-0.2, -0.15) is 8.42 Å².